The molecule has 0 fully saturated rings. The molecule has 1 aromatic carbocycles. The van der Waals surface area contributed by atoms with Gasteiger partial charge in [-0.2, -0.15) is 0 Å². The fourth-order valence-electron chi connectivity index (χ4n) is 2.43. The van der Waals surface area contributed by atoms with Crippen LogP contribution >= 0.6 is 22.7 Å². The van der Waals surface area contributed by atoms with Crippen LogP contribution in [0.4, 0.5) is 5.00 Å². The summed E-state index contributed by atoms with van der Waals surface area (Å²) in [5.74, 6) is -0.566. The molecule has 0 saturated heterocycles. The zero-order valence-corrected chi connectivity index (χ0v) is 15.3. The van der Waals surface area contributed by atoms with Crippen molar-refractivity contribution in [2.45, 2.75) is 13.3 Å². The third-order valence-electron chi connectivity index (χ3n) is 3.52. The number of thiophene rings is 2. The van der Waals surface area contributed by atoms with Crippen LogP contribution in [-0.2, 0) is 16.0 Å². The number of hydrogen-bond donors (Lipinski definition) is 1. The summed E-state index contributed by atoms with van der Waals surface area (Å²) in [6.45, 7) is 2.05. The number of hydrogen-bond acceptors (Lipinski definition) is 5. The van der Waals surface area contributed by atoms with Crippen LogP contribution in [-0.4, -0.2) is 18.5 Å². The third-order valence-corrected chi connectivity index (χ3v) is 5.30. The molecule has 0 aliphatic carbocycles. The van der Waals surface area contributed by atoms with Crippen molar-refractivity contribution in [1.82, 2.24) is 0 Å². The molecule has 2 aromatic heterocycles. The van der Waals surface area contributed by atoms with Gasteiger partial charge in [0.15, 0.2) is 0 Å². The number of anilines is 1. The van der Waals surface area contributed by atoms with E-state index >= 15 is 0 Å². The Morgan fingerprint density at radius 2 is 1.88 bits per heavy atom. The predicted molar refractivity (Wildman–Crippen MR) is 102 cm³/mol. The van der Waals surface area contributed by atoms with E-state index in [0.29, 0.717) is 17.0 Å². The van der Waals surface area contributed by atoms with E-state index in [2.05, 4.69) is 5.32 Å². The molecule has 1 amide bonds. The first-order valence-electron chi connectivity index (χ1n) is 7.85. The van der Waals surface area contributed by atoms with Crippen molar-refractivity contribution in [1.29, 1.82) is 0 Å². The Labute approximate surface area is 154 Å². The van der Waals surface area contributed by atoms with Crippen LogP contribution in [0.25, 0.3) is 11.1 Å². The van der Waals surface area contributed by atoms with Crippen molar-refractivity contribution < 1.29 is 14.3 Å². The molecule has 0 aliphatic heterocycles. The molecule has 3 aromatic rings. The zero-order chi connectivity index (χ0) is 17.6. The van der Waals surface area contributed by atoms with Crippen LogP contribution in [0.15, 0.2) is 53.2 Å². The Balaban J connectivity index is 1.89. The van der Waals surface area contributed by atoms with Gasteiger partial charge in [0.2, 0.25) is 5.91 Å². The summed E-state index contributed by atoms with van der Waals surface area (Å²) >= 11 is 2.87. The third kappa shape index (κ3) is 4.15. The molecule has 2 heterocycles. The number of benzene rings is 1. The standard InChI is InChI=1S/C19H17NO3S2/c1-2-23-19(22)17-15(13-7-4-3-5-8-13)12-25-18(17)20-16(21)11-14-9-6-10-24-14/h3-10,12H,2,11H2,1H3,(H,20,21). The summed E-state index contributed by atoms with van der Waals surface area (Å²) in [5.41, 5.74) is 2.11. The molecule has 0 bridgehead atoms. The summed E-state index contributed by atoms with van der Waals surface area (Å²) < 4.78 is 5.20. The lowest BCUT2D eigenvalue weighted by Gasteiger charge is -2.08. The number of esters is 1. The quantitative estimate of drug-likeness (QED) is 0.631. The largest absolute Gasteiger partial charge is 0.462 e. The molecule has 4 nitrogen and oxygen atoms in total. The van der Waals surface area contributed by atoms with Crippen LogP contribution < -0.4 is 5.32 Å². The highest BCUT2D eigenvalue weighted by atomic mass is 32.1. The van der Waals surface area contributed by atoms with Crippen LogP contribution in [0, 0.1) is 0 Å². The molecule has 6 heteroatoms. The molecule has 25 heavy (non-hydrogen) atoms. The highest BCUT2D eigenvalue weighted by Crippen LogP contribution is 2.36. The Bertz CT molecular complexity index is 854. The number of carbonyl (C=O) groups is 2. The molecule has 0 radical (unpaired) electrons. The summed E-state index contributed by atoms with van der Waals surface area (Å²) in [7, 11) is 0. The van der Waals surface area contributed by atoms with Crippen LogP contribution in [0.3, 0.4) is 0 Å². The first-order valence-corrected chi connectivity index (χ1v) is 9.61. The lowest BCUT2D eigenvalue weighted by atomic mass is 10.0. The van der Waals surface area contributed by atoms with Gasteiger partial charge < -0.3 is 10.1 Å². The average Bonchev–Trinajstić information content (AvgIpc) is 3.25. The van der Waals surface area contributed by atoms with E-state index in [1.54, 1.807) is 6.92 Å². The van der Waals surface area contributed by atoms with Crippen molar-refractivity contribution >= 4 is 39.6 Å². The normalized spacial score (nSPS) is 10.4. The van der Waals surface area contributed by atoms with E-state index in [1.165, 1.54) is 22.7 Å². The minimum atomic E-state index is -0.422. The molecule has 3 rings (SSSR count). The molecule has 0 spiro atoms. The first-order chi connectivity index (χ1) is 12.2. The van der Waals surface area contributed by atoms with E-state index in [4.69, 9.17) is 4.74 Å². The Kier molecular flexibility index (Phi) is 5.63. The molecular weight excluding hydrogens is 354 g/mol. The van der Waals surface area contributed by atoms with Gasteiger partial charge in [-0.25, -0.2) is 4.79 Å². The number of amides is 1. The number of ether oxygens (including phenoxy) is 1. The predicted octanol–water partition coefficient (Wildman–Crippen LogP) is 4.83. The molecular formula is C19H17NO3S2. The molecule has 0 aliphatic rings. The van der Waals surface area contributed by atoms with E-state index in [9.17, 15) is 9.59 Å². The first kappa shape index (κ1) is 17.4. The van der Waals surface area contributed by atoms with Crippen molar-refractivity contribution in [3.63, 3.8) is 0 Å². The van der Waals surface area contributed by atoms with E-state index in [-0.39, 0.29) is 12.5 Å². The second kappa shape index (κ2) is 8.09. The van der Waals surface area contributed by atoms with Gasteiger partial charge in [-0.3, -0.25) is 4.79 Å². The molecule has 0 atom stereocenters. The smallest absolute Gasteiger partial charge is 0.341 e. The van der Waals surface area contributed by atoms with Gasteiger partial charge in [-0.05, 0) is 23.9 Å². The van der Waals surface area contributed by atoms with Gasteiger partial charge >= 0.3 is 5.97 Å². The summed E-state index contributed by atoms with van der Waals surface area (Å²) in [6.07, 6.45) is 0.290. The monoisotopic (exact) mass is 371 g/mol. The molecule has 0 unspecified atom stereocenters. The lowest BCUT2D eigenvalue weighted by Crippen LogP contribution is -2.16. The van der Waals surface area contributed by atoms with Crippen molar-refractivity contribution in [3.8, 4) is 11.1 Å². The fraction of sp³-hybridized carbons (Fsp3) is 0.158. The average molecular weight is 371 g/mol. The summed E-state index contributed by atoms with van der Waals surface area (Å²) in [4.78, 5) is 25.7. The van der Waals surface area contributed by atoms with E-state index in [1.807, 2.05) is 53.2 Å². The van der Waals surface area contributed by atoms with Crippen molar-refractivity contribution in [2.75, 3.05) is 11.9 Å². The zero-order valence-electron chi connectivity index (χ0n) is 13.7. The second-order valence-corrected chi connectivity index (χ2v) is 7.16. The molecule has 1 N–H and O–H groups in total. The van der Waals surface area contributed by atoms with Gasteiger partial charge in [0.25, 0.3) is 0 Å². The minimum Gasteiger partial charge on any atom is -0.462 e. The summed E-state index contributed by atoms with van der Waals surface area (Å²) in [5, 5.41) is 7.20. The van der Waals surface area contributed by atoms with E-state index in [0.717, 1.165) is 16.0 Å². The maximum absolute atomic E-state index is 12.5. The topological polar surface area (TPSA) is 55.4 Å². The van der Waals surface area contributed by atoms with Gasteiger partial charge in [0.1, 0.15) is 10.6 Å². The summed E-state index contributed by atoms with van der Waals surface area (Å²) in [6, 6.07) is 13.4. The molecule has 0 saturated carbocycles. The Morgan fingerprint density at radius 3 is 2.56 bits per heavy atom. The lowest BCUT2D eigenvalue weighted by molar-refractivity contribution is -0.115. The van der Waals surface area contributed by atoms with Gasteiger partial charge in [0, 0.05) is 15.8 Å². The van der Waals surface area contributed by atoms with Gasteiger partial charge in [0.05, 0.1) is 13.0 Å². The Hall–Kier alpha value is -2.44. The van der Waals surface area contributed by atoms with Gasteiger partial charge in [-0.15, -0.1) is 22.7 Å². The number of carbonyl (C=O) groups excluding carboxylic acids is 2. The van der Waals surface area contributed by atoms with Crippen LogP contribution in [0.1, 0.15) is 22.2 Å². The highest BCUT2D eigenvalue weighted by Gasteiger charge is 2.22. The fourth-order valence-corrected chi connectivity index (χ4v) is 4.11. The Morgan fingerprint density at radius 1 is 1.08 bits per heavy atom. The maximum Gasteiger partial charge on any atom is 0.341 e. The second-order valence-electron chi connectivity index (χ2n) is 5.24. The SMILES string of the molecule is CCOC(=O)c1c(-c2ccccc2)csc1NC(=O)Cc1cccs1. The molecule has 128 valence electrons. The van der Waals surface area contributed by atoms with Gasteiger partial charge in [-0.1, -0.05) is 36.4 Å². The number of nitrogens with one attached hydrogen (secondary N) is 1. The number of rotatable bonds is 6. The minimum absolute atomic E-state index is 0.144. The van der Waals surface area contributed by atoms with E-state index < -0.39 is 5.97 Å². The maximum atomic E-state index is 12.5. The van der Waals surface area contributed by atoms with Crippen molar-refractivity contribution in [2.24, 2.45) is 0 Å². The van der Waals surface area contributed by atoms with Crippen LogP contribution in [0.5, 0.6) is 0 Å². The van der Waals surface area contributed by atoms with Crippen LogP contribution in [0.2, 0.25) is 0 Å². The van der Waals surface area contributed by atoms with Crippen molar-refractivity contribution in [3.05, 3.63) is 63.7 Å². The highest BCUT2D eigenvalue weighted by molar-refractivity contribution is 7.15.